The topological polar surface area (TPSA) is 58.6 Å². The van der Waals surface area contributed by atoms with Crippen LogP contribution < -0.4 is 5.32 Å². The van der Waals surface area contributed by atoms with Crippen molar-refractivity contribution in [3.8, 4) is 0 Å². The maximum Gasteiger partial charge on any atom is 0.430 e. The van der Waals surface area contributed by atoms with Gasteiger partial charge >= 0.3 is 12.4 Å². The van der Waals surface area contributed by atoms with Gasteiger partial charge in [0.15, 0.2) is 0 Å². The third-order valence-corrected chi connectivity index (χ3v) is 3.36. The number of nitrogens with one attached hydrogen (secondary N) is 1. The summed E-state index contributed by atoms with van der Waals surface area (Å²) in [5.74, 6) is -0.660. The summed E-state index contributed by atoms with van der Waals surface area (Å²) in [7, 11) is 0. The Hall–Kier alpha value is -1.81. The summed E-state index contributed by atoms with van der Waals surface area (Å²) in [4.78, 5) is 11.7. The highest BCUT2D eigenvalue weighted by molar-refractivity contribution is 5.94. The number of ether oxygens (including phenoxy) is 1. The molecule has 1 saturated heterocycles. The van der Waals surface area contributed by atoms with Crippen molar-refractivity contribution in [2.75, 3.05) is 13.2 Å². The van der Waals surface area contributed by atoms with Crippen LogP contribution in [0.4, 0.5) is 26.3 Å². The van der Waals surface area contributed by atoms with Crippen molar-refractivity contribution in [2.45, 2.75) is 24.0 Å². The van der Waals surface area contributed by atoms with Crippen molar-refractivity contribution < 1.29 is 41.0 Å². The number of aliphatic hydroxyl groups is 1. The molecule has 0 bridgehead atoms. The highest BCUT2D eigenvalue weighted by atomic mass is 19.4. The Balaban J connectivity index is 2.27. The average Bonchev–Trinajstić information content (AvgIpc) is 2.39. The standard InChI is InChI=1S/C13H11F6NO3/c14-12(15,16)11(22,13(17,18)19)8-3-1-7(2-4-8)10(21)20-9-5-23-6-9/h1-4,9,22H,5-6H2,(H,20,21). The molecule has 0 saturated carbocycles. The second-order valence-electron chi connectivity index (χ2n) is 4.99. The van der Waals surface area contributed by atoms with Crippen LogP contribution in [0.3, 0.4) is 0 Å². The number of carbonyl (C=O) groups excluding carboxylic acids is 1. The highest BCUT2D eigenvalue weighted by Crippen LogP contribution is 2.49. The Labute approximate surface area is 126 Å². The van der Waals surface area contributed by atoms with Gasteiger partial charge in [-0.1, -0.05) is 12.1 Å². The molecular formula is C13H11F6NO3. The Kier molecular flexibility index (Phi) is 4.33. The van der Waals surface area contributed by atoms with Crippen LogP contribution in [0.5, 0.6) is 0 Å². The second-order valence-corrected chi connectivity index (χ2v) is 4.99. The number of hydrogen-bond donors (Lipinski definition) is 2. The van der Waals surface area contributed by atoms with Crippen molar-refractivity contribution in [1.82, 2.24) is 5.32 Å². The Morgan fingerprint density at radius 1 is 1.04 bits per heavy atom. The minimum Gasteiger partial charge on any atom is -0.377 e. The molecule has 128 valence electrons. The maximum atomic E-state index is 12.7. The van der Waals surface area contributed by atoms with E-state index in [0.717, 1.165) is 12.1 Å². The zero-order valence-corrected chi connectivity index (χ0v) is 11.3. The zero-order chi connectivity index (χ0) is 17.5. The van der Waals surface area contributed by atoms with Crippen molar-refractivity contribution in [1.29, 1.82) is 0 Å². The smallest absolute Gasteiger partial charge is 0.377 e. The van der Waals surface area contributed by atoms with Gasteiger partial charge in [0.05, 0.1) is 19.3 Å². The number of halogens is 6. The van der Waals surface area contributed by atoms with E-state index < -0.39 is 29.4 Å². The first-order valence-electron chi connectivity index (χ1n) is 6.32. The van der Waals surface area contributed by atoms with Crippen molar-refractivity contribution in [3.05, 3.63) is 35.4 Å². The van der Waals surface area contributed by atoms with E-state index in [2.05, 4.69) is 5.32 Å². The maximum absolute atomic E-state index is 12.7. The predicted octanol–water partition coefficient (Wildman–Crippen LogP) is 2.13. The summed E-state index contributed by atoms with van der Waals surface area (Å²) in [5, 5.41) is 11.7. The van der Waals surface area contributed by atoms with Gasteiger partial charge in [-0.2, -0.15) is 26.3 Å². The van der Waals surface area contributed by atoms with Crippen LogP contribution in [0.15, 0.2) is 24.3 Å². The molecule has 1 aromatic carbocycles. The fourth-order valence-corrected chi connectivity index (χ4v) is 1.94. The van der Waals surface area contributed by atoms with E-state index in [1.54, 1.807) is 0 Å². The summed E-state index contributed by atoms with van der Waals surface area (Å²) in [6.45, 7) is 0.567. The summed E-state index contributed by atoms with van der Waals surface area (Å²) in [6.07, 6.45) is -11.9. The monoisotopic (exact) mass is 343 g/mol. The molecule has 1 aromatic rings. The number of alkyl halides is 6. The summed E-state index contributed by atoms with van der Waals surface area (Å²) < 4.78 is 81.1. The lowest BCUT2D eigenvalue weighted by atomic mass is 9.91. The van der Waals surface area contributed by atoms with Crippen molar-refractivity contribution >= 4 is 5.91 Å². The Bertz CT molecular complexity index is 563. The fraction of sp³-hybridized carbons (Fsp3) is 0.462. The van der Waals surface area contributed by atoms with Gasteiger partial charge in [-0.05, 0) is 12.1 Å². The molecule has 0 spiro atoms. The van der Waals surface area contributed by atoms with Gasteiger partial charge in [0.1, 0.15) is 0 Å². The molecule has 1 amide bonds. The second kappa shape index (κ2) is 5.68. The largest absolute Gasteiger partial charge is 0.430 e. The minimum absolute atomic E-state index is 0.132. The van der Waals surface area contributed by atoms with Gasteiger partial charge in [-0.15, -0.1) is 0 Å². The van der Waals surface area contributed by atoms with Gasteiger partial charge in [-0.3, -0.25) is 4.79 Å². The third kappa shape index (κ3) is 3.13. The first kappa shape index (κ1) is 17.5. The lowest BCUT2D eigenvalue weighted by Crippen LogP contribution is -2.54. The van der Waals surface area contributed by atoms with E-state index in [1.807, 2.05) is 0 Å². The van der Waals surface area contributed by atoms with Gasteiger partial charge in [0.2, 0.25) is 0 Å². The molecular weight excluding hydrogens is 332 g/mol. The van der Waals surface area contributed by atoms with E-state index in [4.69, 9.17) is 4.74 Å². The molecule has 2 rings (SSSR count). The van der Waals surface area contributed by atoms with Crippen LogP contribution in [0.25, 0.3) is 0 Å². The van der Waals surface area contributed by atoms with Gasteiger partial charge in [0, 0.05) is 11.1 Å². The number of carbonyl (C=O) groups is 1. The van der Waals surface area contributed by atoms with E-state index >= 15 is 0 Å². The number of hydrogen-bond acceptors (Lipinski definition) is 3. The number of amides is 1. The molecule has 0 unspecified atom stereocenters. The first-order chi connectivity index (χ1) is 10.5. The van der Waals surface area contributed by atoms with E-state index in [9.17, 15) is 36.2 Å². The molecule has 0 aliphatic carbocycles. The number of benzene rings is 1. The molecule has 1 heterocycles. The van der Waals surface area contributed by atoms with Crippen LogP contribution in [0, 0.1) is 0 Å². The summed E-state index contributed by atoms with van der Waals surface area (Å²) >= 11 is 0. The molecule has 23 heavy (non-hydrogen) atoms. The average molecular weight is 343 g/mol. The predicted molar refractivity (Wildman–Crippen MR) is 64.5 cm³/mol. The van der Waals surface area contributed by atoms with Crippen molar-refractivity contribution in [2.24, 2.45) is 0 Å². The van der Waals surface area contributed by atoms with E-state index in [-0.39, 0.29) is 24.8 Å². The van der Waals surface area contributed by atoms with Crippen LogP contribution in [0.2, 0.25) is 0 Å². The van der Waals surface area contributed by atoms with Crippen LogP contribution in [-0.4, -0.2) is 42.6 Å². The van der Waals surface area contributed by atoms with Gasteiger partial charge < -0.3 is 15.2 Å². The normalized spacial score (nSPS) is 16.8. The molecule has 4 nitrogen and oxygen atoms in total. The molecule has 0 radical (unpaired) electrons. The Morgan fingerprint density at radius 3 is 1.87 bits per heavy atom. The molecule has 2 N–H and O–H groups in total. The molecule has 0 aromatic heterocycles. The Morgan fingerprint density at radius 2 is 1.52 bits per heavy atom. The quantitative estimate of drug-likeness (QED) is 0.827. The van der Waals surface area contributed by atoms with Crippen LogP contribution in [-0.2, 0) is 10.3 Å². The lowest BCUT2D eigenvalue weighted by molar-refractivity contribution is -0.376. The van der Waals surface area contributed by atoms with Crippen LogP contribution in [0.1, 0.15) is 15.9 Å². The molecule has 1 aliphatic rings. The van der Waals surface area contributed by atoms with E-state index in [0.29, 0.717) is 12.1 Å². The highest BCUT2D eigenvalue weighted by Gasteiger charge is 2.71. The summed E-state index contributed by atoms with van der Waals surface area (Å²) in [6, 6.07) is 2.17. The lowest BCUT2D eigenvalue weighted by Gasteiger charge is -2.32. The van der Waals surface area contributed by atoms with Gasteiger partial charge in [0.25, 0.3) is 11.5 Å². The molecule has 1 fully saturated rings. The fourth-order valence-electron chi connectivity index (χ4n) is 1.94. The van der Waals surface area contributed by atoms with Crippen LogP contribution >= 0.6 is 0 Å². The summed E-state index contributed by atoms with van der Waals surface area (Å²) in [5.41, 5.74) is -6.55. The first-order valence-corrected chi connectivity index (χ1v) is 6.32. The van der Waals surface area contributed by atoms with Gasteiger partial charge in [-0.25, -0.2) is 0 Å². The molecule has 10 heteroatoms. The zero-order valence-electron chi connectivity index (χ0n) is 11.3. The molecule has 1 aliphatic heterocycles. The minimum atomic E-state index is -5.96. The number of rotatable bonds is 3. The SMILES string of the molecule is O=C(NC1COC1)c1ccc(C(O)(C(F)(F)F)C(F)(F)F)cc1. The third-order valence-electron chi connectivity index (χ3n) is 3.36. The van der Waals surface area contributed by atoms with E-state index in [1.165, 1.54) is 0 Å². The van der Waals surface area contributed by atoms with Crippen molar-refractivity contribution in [3.63, 3.8) is 0 Å². The molecule has 0 atom stereocenters.